The van der Waals surface area contributed by atoms with Crippen molar-refractivity contribution in [1.82, 2.24) is 35.1 Å². The smallest absolute Gasteiger partial charge is 0.411 e. The number of likely N-dealkylation sites (tertiary alicyclic amines) is 2. The lowest BCUT2D eigenvalue weighted by Gasteiger charge is -2.35. The SMILES string of the molecule is COC(O)N[C@H](C(=O)N1CC2(CC2)C[C@H]1c1ncc(-c2ccc3c(c2)C(F)(F)c2cc(-c4ccc5nc([C@@H]6[C@H]7CC[C@H](C7)N6C(=O)OC(C)(C)C)[nH]c5c4)ccc2-3)[nH]1)C(C)C. The number of aromatic nitrogens is 4. The van der Waals surface area contributed by atoms with Crippen LogP contribution in [0.4, 0.5) is 13.6 Å². The van der Waals surface area contributed by atoms with E-state index in [1.165, 1.54) is 7.11 Å². The highest BCUT2D eigenvalue weighted by Crippen LogP contribution is 2.59. The van der Waals surface area contributed by atoms with Crippen LogP contribution in [0.5, 0.6) is 0 Å². The van der Waals surface area contributed by atoms with Crippen LogP contribution in [0.1, 0.15) is 108 Å². The number of carbonyl (C=O) groups excluding carboxylic acids is 2. The van der Waals surface area contributed by atoms with Gasteiger partial charge in [0.1, 0.15) is 17.2 Å². The number of imidazole rings is 2. The van der Waals surface area contributed by atoms with Crippen LogP contribution in [-0.2, 0) is 20.2 Å². The molecule has 4 fully saturated rings. The van der Waals surface area contributed by atoms with Gasteiger partial charge in [0.15, 0.2) is 0 Å². The number of H-pyrrole nitrogens is 2. The number of nitrogens with one attached hydrogen (secondary N) is 3. The van der Waals surface area contributed by atoms with Crippen LogP contribution >= 0.6 is 0 Å². The Hall–Kier alpha value is -5.18. The summed E-state index contributed by atoms with van der Waals surface area (Å²) < 4.78 is 44.0. The lowest BCUT2D eigenvalue weighted by molar-refractivity contribution is -0.145. The molecule has 14 heteroatoms. The van der Waals surface area contributed by atoms with Crippen LogP contribution in [0.25, 0.3) is 44.5 Å². The van der Waals surface area contributed by atoms with Crippen molar-refractivity contribution in [3.63, 3.8) is 0 Å². The molecule has 12 nitrogen and oxygen atoms in total. The Morgan fingerprint density at radius 3 is 2.33 bits per heavy atom. The highest BCUT2D eigenvalue weighted by atomic mass is 19.3. The molecule has 61 heavy (non-hydrogen) atoms. The number of amides is 2. The number of alkyl halides is 2. The van der Waals surface area contributed by atoms with Crippen molar-refractivity contribution in [2.75, 3.05) is 13.7 Å². The number of hydrogen-bond acceptors (Lipinski definition) is 8. The molecule has 4 N–H and O–H groups in total. The highest BCUT2D eigenvalue weighted by molar-refractivity contribution is 5.87. The summed E-state index contributed by atoms with van der Waals surface area (Å²) in [4.78, 5) is 47.6. The molecular weight excluding hydrogens is 781 g/mol. The van der Waals surface area contributed by atoms with E-state index in [4.69, 9.17) is 19.4 Å². The molecule has 5 aliphatic rings. The predicted molar refractivity (Wildman–Crippen MR) is 225 cm³/mol. The maximum Gasteiger partial charge on any atom is 0.411 e. The minimum absolute atomic E-state index is 0.0440. The number of ether oxygens (including phenoxy) is 2. The van der Waals surface area contributed by atoms with E-state index in [9.17, 15) is 14.7 Å². The van der Waals surface area contributed by atoms with Gasteiger partial charge >= 0.3 is 6.09 Å². The average molecular weight is 834 g/mol. The fraction of sp³-hybridized carbons (Fsp3) is 0.489. The van der Waals surface area contributed by atoms with Crippen LogP contribution in [0.3, 0.4) is 0 Å². The summed E-state index contributed by atoms with van der Waals surface area (Å²) >= 11 is 0. The zero-order valence-electron chi connectivity index (χ0n) is 35.4. The number of carbonyl (C=O) groups is 2. The normalized spacial score (nSPS) is 24.2. The number of aliphatic hydroxyl groups excluding tert-OH is 1. The zero-order valence-corrected chi connectivity index (χ0v) is 35.4. The largest absolute Gasteiger partial charge is 0.444 e. The quantitative estimate of drug-likeness (QED) is 0.108. The molecule has 3 aromatic carbocycles. The molecule has 1 spiro atoms. The molecular formula is C47H53F2N7O5. The number of halogens is 2. The first kappa shape index (κ1) is 39.9. The van der Waals surface area contributed by atoms with Crippen molar-refractivity contribution in [3.05, 3.63) is 83.6 Å². The molecule has 2 saturated heterocycles. The number of piperidine rings is 1. The first-order valence-corrected chi connectivity index (χ1v) is 21.5. The van der Waals surface area contributed by atoms with Crippen molar-refractivity contribution in [1.29, 1.82) is 0 Å². The molecule has 320 valence electrons. The first-order chi connectivity index (χ1) is 29.0. The van der Waals surface area contributed by atoms with Gasteiger partial charge in [0.05, 0.1) is 41.0 Å². The Morgan fingerprint density at radius 2 is 1.64 bits per heavy atom. The van der Waals surface area contributed by atoms with Crippen molar-refractivity contribution in [2.45, 2.75) is 115 Å². The minimum atomic E-state index is -3.25. The van der Waals surface area contributed by atoms with E-state index < -0.39 is 24.0 Å². The van der Waals surface area contributed by atoms with Gasteiger partial charge in [-0.2, -0.15) is 8.78 Å². The third kappa shape index (κ3) is 6.81. The van der Waals surface area contributed by atoms with Crippen LogP contribution in [0.15, 0.2) is 60.8 Å². The van der Waals surface area contributed by atoms with Crippen LogP contribution in [0.2, 0.25) is 0 Å². The van der Waals surface area contributed by atoms with E-state index >= 15 is 8.78 Å². The van der Waals surface area contributed by atoms with Gasteiger partial charge in [-0.05, 0) is 123 Å². The molecule has 1 unspecified atom stereocenters. The summed E-state index contributed by atoms with van der Waals surface area (Å²) in [7, 11) is 1.37. The number of benzene rings is 3. The van der Waals surface area contributed by atoms with E-state index in [1.807, 2.05) is 74.8 Å². The molecule has 2 aliphatic heterocycles. The molecule has 2 bridgehead atoms. The lowest BCUT2D eigenvalue weighted by atomic mass is 9.98. The summed E-state index contributed by atoms with van der Waals surface area (Å²) in [5, 5.41) is 13.1. The molecule has 2 saturated carbocycles. The number of hydrogen-bond donors (Lipinski definition) is 4. The fourth-order valence-corrected chi connectivity index (χ4v) is 10.5. The van der Waals surface area contributed by atoms with E-state index in [1.54, 1.807) is 30.5 Å². The summed E-state index contributed by atoms with van der Waals surface area (Å²) in [6.45, 7) is 10.1. The van der Waals surface area contributed by atoms with Gasteiger partial charge in [-0.25, -0.2) is 14.8 Å². The van der Waals surface area contributed by atoms with Gasteiger partial charge in [-0.15, -0.1) is 0 Å². The number of nitrogens with zero attached hydrogens (tertiary/aromatic N) is 4. The topological polar surface area (TPSA) is 149 Å². The second-order valence-corrected chi connectivity index (χ2v) is 19.4. The molecule has 2 aromatic heterocycles. The Bertz CT molecular complexity index is 2560. The number of methoxy groups -OCH3 is 1. The Balaban J connectivity index is 0.900. The molecule has 6 atom stereocenters. The first-order valence-electron chi connectivity index (χ1n) is 21.5. The Morgan fingerprint density at radius 1 is 0.951 bits per heavy atom. The number of rotatable bonds is 9. The van der Waals surface area contributed by atoms with E-state index in [2.05, 4.69) is 15.3 Å². The van der Waals surface area contributed by atoms with Gasteiger partial charge in [0, 0.05) is 36.4 Å². The Kier molecular flexibility index (Phi) is 9.28. The average Bonchev–Trinajstić information content (AvgIpc) is 3.87. The second kappa shape index (κ2) is 14.2. The second-order valence-electron chi connectivity index (χ2n) is 19.4. The summed E-state index contributed by atoms with van der Waals surface area (Å²) in [5.74, 6) is -1.88. The third-order valence-electron chi connectivity index (χ3n) is 13.8. The van der Waals surface area contributed by atoms with Crippen LogP contribution in [0, 0.1) is 17.3 Å². The zero-order chi connectivity index (χ0) is 42.7. The van der Waals surface area contributed by atoms with Gasteiger partial charge < -0.3 is 29.4 Å². The number of aromatic amines is 2. The lowest BCUT2D eigenvalue weighted by Crippen LogP contribution is -2.53. The fourth-order valence-electron chi connectivity index (χ4n) is 10.5. The predicted octanol–water partition coefficient (Wildman–Crippen LogP) is 8.79. The molecule has 10 rings (SSSR count). The molecule has 0 radical (unpaired) electrons. The third-order valence-corrected chi connectivity index (χ3v) is 13.8. The van der Waals surface area contributed by atoms with Crippen LogP contribution in [-0.4, -0.2) is 84.6 Å². The van der Waals surface area contributed by atoms with Crippen molar-refractivity contribution in [2.24, 2.45) is 17.3 Å². The summed E-state index contributed by atoms with van der Waals surface area (Å²) in [5.41, 5.74) is 4.42. The van der Waals surface area contributed by atoms with Gasteiger partial charge in [0.25, 0.3) is 5.92 Å². The van der Waals surface area contributed by atoms with Crippen molar-refractivity contribution >= 4 is 23.0 Å². The molecule has 5 aromatic rings. The summed E-state index contributed by atoms with van der Waals surface area (Å²) in [6.07, 6.45) is 5.76. The van der Waals surface area contributed by atoms with Crippen LogP contribution < -0.4 is 5.32 Å². The number of fused-ring (bicyclic) bond motifs is 6. The van der Waals surface area contributed by atoms with Crippen molar-refractivity contribution < 1.29 is 33.0 Å². The maximum absolute atomic E-state index is 16.6. The highest BCUT2D eigenvalue weighted by Gasteiger charge is 2.55. The molecule has 2 amide bonds. The number of aliphatic hydroxyl groups is 1. The standard InChI is InChI=1S/C47H53F2N7O5/c1-24(2)38(54-43(58)60-6)42(57)55-23-46(15-16-46)21-37(55)40-50-22-36(53-40)27-9-13-31-30-12-8-25(18-32(30)47(48,49)33(31)19-27)26-10-14-34-35(20-26)52-41(51-34)39-28-7-11-29(17-28)56(39)44(59)61-45(3,4)5/h8-10,12-14,18-20,22,24,28-29,37-39,43,54,58H,7,11,15-17,21,23H2,1-6H3,(H,50,53)(H,51,52)/t28-,29+,37-,38-,39-,43?/m0/s1. The van der Waals surface area contributed by atoms with Gasteiger partial charge in [-0.1, -0.05) is 44.2 Å². The van der Waals surface area contributed by atoms with Crippen molar-refractivity contribution in [3.8, 4) is 33.5 Å². The monoisotopic (exact) mass is 833 g/mol. The molecule has 4 heterocycles. The van der Waals surface area contributed by atoms with Gasteiger partial charge in [-0.3, -0.25) is 15.0 Å². The minimum Gasteiger partial charge on any atom is -0.444 e. The maximum atomic E-state index is 16.6. The summed E-state index contributed by atoms with van der Waals surface area (Å²) in [6, 6.07) is 15.1. The van der Waals surface area contributed by atoms with E-state index in [0.29, 0.717) is 46.2 Å². The molecule has 3 aliphatic carbocycles. The van der Waals surface area contributed by atoms with E-state index in [-0.39, 0.29) is 52.6 Å². The van der Waals surface area contributed by atoms with Gasteiger partial charge in [0.2, 0.25) is 12.3 Å². The van der Waals surface area contributed by atoms with E-state index in [0.717, 1.165) is 60.9 Å². The Labute approximate surface area is 353 Å².